The molecule has 5 saturated heterocycles. The summed E-state index contributed by atoms with van der Waals surface area (Å²) >= 11 is 26.7. The Hall–Kier alpha value is -9.16. The molecule has 4 aromatic rings. The summed E-state index contributed by atoms with van der Waals surface area (Å²) in [5.74, 6) is -3.54. The number of nitrogens with one attached hydrogen (secondary N) is 4. The zero-order chi connectivity index (χ0) is 90.6. The molecular weight excluding hydrogens is 1730 g/mol. The van der Waals surface area contributed by atoms with Crippen molar-refractivity contribution >= 4 is 159 Å². The Morgan fingerprint density at radius 3 is 1.33 bits per heavy atom. The van der Waals surface area contributed by atoms with Crippen LogP contribution in [0.2, 0.25) is 20.1 Å². The molecule has 31 nitrogen and oxygen atoms in total. The molecule has 1 unspecified atom stereocenters. The minimum absolute atomic E-state index is 0. The molecule has 126 heavy (non-hydrogen) atoms. The lowest BCUT2D eigenvalue weighted by atomic mass is 9.78. The Morgan fingerprint density at radius 1 is 0.548 bits per heavy atom. The van der Waals surface area contributed by atoms with E-state index in [-0.39, 0.29) is 144 Å². The number of hydrogen-bond donors (Lipinski definition) is 7. The van der Waals surface area contributed by atoms with Gasteiger partial charge in [-0.2, -0.15) is 13.5 Å². The number of aliphatic hydroxyl groups is 2. The highest BCUT2D eigenvalue weighted by Crippen LogP contribution is 2.53. The number of unbranched alkanes of at least 4 members (excludes halogenated alkanes) is 3. The molecule has 0 aromatic heterocycles. The first-order valence-electron chi connectivity index (χ1n) is 41.3. The number of fused-ring (bicyclic) bond motifs is 10. The van der Waals surface area contributed by atoms with Gasteiger partial charge in [-0.25, -0.2) is 9.59 Å². The predicted molar refractivity (Wildman–Crippen MR) is 481 cm³/mol. The number of carbonyl (C=O) groups is 11. The smallest absolute Gasteiger partial charge is 0.412 e. The van der Waals surface area contributed by atoms with Crippen molar-refractivity contribution in [2.24, 2.45) is 17.8 Å². The maximum atomic E-state index is 14.2. The molecule has 0 aliphatic carbocycles. The van der Waals surface area contributed by atoms with Crippen LogP contribution in [0.25, 0.3) is 0 Å². The lowest BCUT2D eigenvalue weighted by Crippen LogP contribution is -2.53. The van der Waals surface area contributed by atoms with Gasteiger partial charge in [-0.1, -0.05) is 121 Å². The van der Waals surface area contributed by atoms with E-state index in [0.717, 1.165) is 22.3 Å². The van der Waals surface area contributed by atoms with Crippen LogP contribution in [0.15, 0.2) is 108 Å². The minimum Gasteiger partial charge on any atom is -0.495 e. The summed E-state index contributed by atoms with van der Waals surface area (Å²) in [6.07, 6.45) is 5.41. The molecule has 0 radical (unpaired) electrons. The molecule has 9 N–H and O–H groups in total. The fourth-order valence-electron chi connectivity index (χ4n) is 16.6. The summed E-state index contributed by atoms with van der Waals surface area (Å²) in [6.45, 7) is 14.4. The molecule has 36 heteroatoms. The lowest BCUT2D eigenvalue weighted by molar-refractivity contribution is -0.188. The molecule has 7 heterocycles. The Kier molecular flexibility index (Phi) is 35.9. The third-order valence-corrected chi connectivity index (χ3v) is 25.2. The van der Waals surface area contributed by atoms with Crippen LogP contribution in [0, 0.1) is 17.8 Å². The molecule has 7 aliphatic heterocycles. The van der Waals surface area contributed by atoms with Gasteiger partial charge in [0.1, 0.15) is 86.4 Å². The number of rotatable bonds is 21. The van der Waals surface area contributed by atoms with Crippen molar-refractivity contribution in [3.8, 4) is 11.5 Å². The summed E-state index contributed by atoms with van der Waals surface area (Å²) in [6, 6.07) is 16.2. The van der Waals surface area contributed by atoms with Crippen LogP contribution in [0.1, 0.15) is 163 Å². The molecule has 0 spiro atoms. The number of ketones is 1. The quantitative estimate of drug-likeness (QED) is 0.0134. The number of benzene rings is 4. The molecule has 5 fully saturated rings. The highest BCUT2D eigenvalue weighted by molar-refractivity contribution is 7.59. The third kappa shape index (κ3) is 25.4. The van der Waals surface area contributed by atoms with Crippen LogP contribution in [0.3, 0.4) is 0 Å². The van der Waals surface area contributed by atoms with E-state index in [1.807, 2.05) is 26.0 Å². The number of carbonyl (C=O) groups excluding carboxylic acids is 11. The van der Waals surface area contributed by atoms with E-state index >= 15 is 0 Å². The minimum atomic E-state index is -1.61. The topological polar surface area (TPSA) is 420 Å². The zero-order valence-corrected chi connectivity index (χ0v) is 77.4. The monoisotopic (exact) mass is 1850 g/mol. The second-order valence-electron chi connectivity index (χ2n) is 33.5. The van der Waals surface area contributed by atoms with E-state index in [9.17, 15) is 63.0 Å². The van der Waals surface area contributed by atoms with Crippen molar-refractivity contribution in [1.82, 2.24) is 11.1 Å². The molecule has 15 atom stereocenters. The van der Waals surface area contributed by atoms with Gasteiger partial charge in [-0.15, -0.1) is 0 Å². The molecule has 8 bridgehead atoms. The van der Waals surface area contributed by atoms with Crippen molar-refractivity contribution < 1.29 is 110 Å². The number of ether oxygens (including phenoxy) is 10. The zero-order valence-electron chi connectivity index (χ0n) is 73.3. The molecule has 8 amide bonds. The van der Waals surface area contributed by atoms with Crippen molar-refractivity contribution in [3.63, 3.8) is 0 Å². The number of allylic oxidation sites excluding steroid dienone is 6. The van der Waals surface area contributed by atoms with Crippen LogP contribution in [-0.4, -0.2) is 201 Å². The summed E-state index contributed by atoms with van der Waals surface area (Å²) < 4.78 is 58.7. The average Bonchev–Trinajstić information content (AvgIpc) is 1.57. The summed E-state index contributed by atoms with van der Waals surface area (Å²) in [7, 11) is 9.00. The van der Waals surface area contributed by atoms with Crippen LogP contribution < -0.4 is 46.7 Å². The first-order valence-corrected chi connectivity index (χ1v) is 42.8. The molecule has 11 rings (SSSR count). The Bertz CT molecular complexity index is 4860. The van der Waals surface area contributed by atoms with Crippen molar-refractivity contribution in [1.29, 1.82) is 0 Å². The van der Waals surface area contributed by atoms with Crippen LogP contribution in [0.4, 0.5) is 43.7 Å². The van der Waals surface area contributed by atoms with Crippen LogP contribution >= 0.6 is 59.9 Å². The predicted octanol–water partition coefficient (Wildman–Crippen LogP) is 14.8. The van der Waals surface area contributed by atoms with E-state index in [1.165, 1.54) is 74.3 Å². The Morgan fingerprint density at radius 2 is 0.952 bits per heavy atom. The number of Topliss-reactive ketones (excluding diaryl/α,β-unsaturated/α-hetero) is 1. The van der Waals surface area contributed by atoms with Gasteiger partial charge in [0.25, 0.3) is 0 Å². The average molecular weight is 1850 g/mol. The van der Waals surface area contributed by atoms with E-state index in [1.54, 1.807) is 109 Å². The molecule has 7 aliphatic rings. The first kappa shape index (κ1) is 102. The number of likely N-dealkylation sites (tertiary alicyclic amines) is 1. The van der Waals surface area contributed by atoms with Crippen molar-refractivity contribution in [2.75, 3.05) is 80.1 Å². The lowest BCUT2D eigenvalue weighted by Gasteiger charge is -2.41. The molecule has 688 valence electrons. The number of amides is 8. The van der Waals surface area contributed by atoms with Gasteiger partial charge in [0, 0.05) is 103 Å². The van der Waals surface area contributed by atoms with Gasteiger partial charge in [0.2, 0.25) is 35.4 Å². The van der Waals surface area contributed by atoms with Gasteiger partial charge in [0.05, 0.1) is 84.9 Å². The number of epoxide rings is 2. The van der Waals surface area contributed by atoms with Crippen LogP contribution in [0.5, 0.6) is 11.5 Å². The number of nitrogens with zero attached hydrogens (tertiary/aromatic N) is 3. The number of esters is 2. The van der Waals surface area contributed by atoms with E-state index in [0.29, 0.717) is 92.2 Å². The molecule has 0 saturated carbocycles. The summed E-state index contributed by atoms with van der Waals surface area (Å²) in [5.41, 5.74) is -0.396. The van der Waals surface area contributed by atoms with Gasteiger partial charge in [0.15, 0.2) is 0 Å². The van der Waals surface area contributed by atoms with Crippen molar-refractivity contribution in [3.05, 3.63) is 139 Å². The number of hydrogen-bond acceptors (Lipinski definition) is 24. The maximum Gasteiger partial charge on any atom is 0.412 e. The maximum absolute atomic E-state index is 14.2. The highest BCUT2D eigenvalue weighted by atomic mass is 35.5. The fraction of sp³-hybridized carbons (Fsp3) is 0.522. The Labute approximate surface area is 760 Å². The first-order chi connectivity index (χ1) is 58.6. The highest BCUT2D eigenvalue weighted by Gasteiger charge is 2.66. The van der Waals surface area contributed by atoms with E-state index in [4.69, 9.17) is 93.8 Å². The SMILES string of the molecule is COc1cc2cc(c1Cl)N(C)C(=O)C[C@H](OC(=O)Nc1ccc(NC(=O)CCCCC(C)=O)cc1Cl)[C@]1(C)O[C@H]1[C@H](C)[C@@H]1C[C@@](O)(CC(=O)O1)[C@H](OC)/C=C/C=C(\C)C2.COc1cc2cc(c1Cl)N(C)C(=O)C[C@H](OC(=O)Nc1ccc(NC(=O)CCCCCN3C(=O)CC(C)C3=O)cc1Cl)[C@]1(C)O[C@H]1[C@H](C)[C@@H]1C[C@@](O)(CC(=O)O1)[C@H](OC)/C=C/C=C(\C)C2.N.S. The molecule has 4 aromatic carbocycles. The normalized spacial score (nSPS) is 28.7. The van der Waals surface area contributed by atoms with Gasteiger partial charge in [-0.3, -0.25) is 53.9 Å². The second kappa shape index (κ2) is 44.2. The van der Waals surface area contributed by atoms with E-state index in [2.05, 4.69) is 21.3 Å². The fourth-order valence-corrected chi connectivity index (χ4v) is 17.6. The number of methoxy groups -OCH3 is 4. The summed E-state index contributed by atoms with van der Waals surface area (Å²) in [5, 5.41) is 35.2. The van der Waals surface area contributed by atoms with Gasteiger partial charge < -0.3 is 89.0 Å². The van der Waals surface area contributed by atoms with E-state index < -0.39 is 119 Å². The summed E-state index contributed by atoms with van der Waals surface area (Å²) in [4.78, 5) is 146. The Balaban J connectivity index is 0.000000309. The number of imide groups is 1. The standard InChI is InChI=1S/C47H58Cl2N4O12.C43H53Cl2N3O11.H3N.H2S/c1-26-12-11-13-36(62-7)47(60)24-35(63-41(57)25-47)28(3)43-46(4,65-43)37(23-39(55)52(5)33-20-29(18-26)21-34(61-6)42(33)49)64-45(59)51-32-16-15-30(22-31(32)48)50-38(54)14-9-8-10-17-53-40(56)19-27(2)44(53)58;1-24-11-10-13-34(56-7)43(54)22-33(57-38(52)23-43)26(3)40-42(4,59-40)35(21-37(51)48(5)31-18-27(17-24)19-32(55-6)39(31)45)58-41(53)47-30-16-15-28(20-29(30)44)46-36(50)14-9-8-12-25(2)49;;/h11-13,15-16,20-22,27-28,35-37,43,60H,8-10,14,17-19,23-25H2,1-7H3,(H,50,54)(H,51,59);10-11,13,15-16,18-20,26,33-35,40,54H,8-9,12,14,17,21-23H2,1-7H3,(H,46,50)(H,47,53);1H3;1H2/b13-11+,26-12+;13-10+,24-11+;;/t27?,28-,35+,36-,37+,43+,46+,47-;26-,33+,34-,35+,40+,42+,43-;;/m11../s1. The largest absolute Gasteiger partial charge is 0.495 e. The van der Waals surface area contributed by atoms with Gasteiger partial charge in [-0.05, 0) is 145 Å². The second-order valence-corrected chi connectivity index (χ2v) is 35.0. The number of anilines is 6. The third-order valence-electron chi connectivity index (χ3n) is 23.8. The van der Waals surface area contributed by atoms with Crippen LogP contribution in [-0.2, 0) is 93.9 Å². The van der Waals surface area contributed by atoms with Crippen molar-refractivity contribution in [2.45, 2.75) is 236 Å². The van der Waals surface area contributed by atoms with Gasteiger partial charge >= 0.3 is 24.1 Å². The molecular formula is C90H116Cl4N8O23S. The number of halogens is 4.